The standard InChI is InChI=1S/C26H36N6O4.3ClH/c1-15-4-5-16-11-18(15)14-22(25(35)30-10-9-28)32-26(36)21(3-2-8-27)31-24(34)20(29)13-19-12-17(16)6-7-23(19)33;;;/h4-7,11-12,20-22,33H,2-3,8-10,13-14,27-29H2,1H3,(H,30,35)(H,31,34)(H,32,36);3*1H/t20-,21-,22-;;;/m0.../s1. The Labute approximate surface area is 247 Å². The molecule has 4 bridgehead atoms. The van der Waals surface area contributed by atoms with E-state index < -0.39 is 29.9 Å². The number of halogens is 3. The first-order valence-electron chi connectivity index (χ1n) is 12.2. The Morgan fingerprint density at radius 3 is 2.23 bits per heavy atom. The van der Waals surface area contributed by atoms with Crippen LogP contribution in [0.1, 0.15) is 29.5 Å². The highest BCUT2D eigenvalue weighted by molar-refractivity contribution is 5.93. The number of fused-ring (bicyclic) bond motifs is 5. The lowest BCUT2D eigenvalue weighted by molar-refractivity contribution is -0.132. The second kappa shape index (κ2) is 17.2. The number of carbonyl (C=O) groups excluding carboxylic acids is 3. The summed E-state index contributed by atoms with van der Waals surface area (Å²) in [7, 11) is 0. The lowest BCUT2D eigenvalue weighted by atomic mass is 9.93. The number of amides is 3. The van der Waals surface area contributed by atoms with Crippen molar-refractivity contribution in [2.45, 2.75) is 50.7 Å². The Kier molecular flexibility index (Phi) is 16.0. The predicted molar refractivity (Wildman–Crippen MR) is 160 cm³/mol. The van der Waals surface area contributed by atoms with Gasteiger partial charge < -0.3 is 38.3 Å². The summed E-state index contributed by atoms with van der Waals surface area (Å²) in [6.07, 6.45) is 1.10. The van der Waals surface area contributed by atoms with Gasteiger partial charge in [0.15, 0.2) is 0 Å². The van der Waals surface area contributed by atoms with Crippen LogP contribution in [0.25, 0.3) is 11.1 Å². The Balaban J connectivity index is 0.00000481. The van der Waals surface area contributed by atoms with E-state index in [0.717, 1.165) is 22.3 Å². The van der Waals surface area contributed by atoms with Crippen molar-refractivity contribution < 1.29 is 19.5 Å². The molecule has 10 N–H and O–H groups in total. The fraction of sp³-hybridized carbons (Fsp3) is 0.423. The molecule has 0 saturated heterocycles. The van der Waals surface area contributed by atoms with E-state index in [9.17, 15) is 19.5 Å². The van der Waals surface area contributed by atoms with Gasteiger partial charge in [-0.1, -0.05) is 24.3 Å². The van der Waals surface area contributed by atoms with Gasteiger partial charge in [0, 0.05) is 25.9 Å². The van der Waals surface area contributed by atoms with Crippen molar-refractivity contribution in [1.29, 1.82) is 0 Å². The van der Waals surface area contributed by atoms with Crippen LogP contribution in [0.5, 0.6) is 5.75 Å². The average Bonchev–Trinajstić information content (AvgIpc) is 2.86. The number of aryl methyl sites for hydroxylation is 1. The Morgan fingerprint density at radius 2 is 1.59 bits per heavy atom. The number of carbonyl (C=O) groups is 3. The van der Waals surface area contributed by atoms with Gasteiger partial charge in [-0.05, 0) is 66.3 Å². The van der Waals surface area contributed by atoms with Crippen molar-refractivity contribution in [3.05, 3.63) is 53.1 Å². The Morgan fingerprint density at radius 1 is 0.949 bits per heavy atom. The fourth-order valence-corrected chi connectivity index (χ4v) is 4.22. The Bertz CT molecular complexity index is 1120. The van der Waals surface area contributed by atoms with Gasteiger partial charge >= 0.3 is 0 Å². The molecule has 2 aromatic rings. The van der Waals surface area contributed by atoms with E-state index in [1.54, 1.807) is 18.2 Å². The smallest absolute Gasteiger partial charge is 0.243 e. The largest absolute Gasteiger partial charge is 0.508 e. The van der Waals surface area contributed by atoms with Gasteiger partial charge in [0.25, 0.3) is 0 Å². The van der Waals surface area contributed by atoms with Crippen molar-refractivity contribution in [1.82, 2.24) is 16.0 Å². The van der Waals surface area contributed by atoms with Crippen LogP contribution in [-0.2, 0) is 27.2 Å². The molecule has 1 aliphatic rings. The number of phenolic OH excluding ortho intramolecular Hbond substituents is 1. The van der Waals surface area contributed by atoms with Crippen molar-refractivity contribution >= 4 is 54.9 Å². The number of hydrogen-bond donors (Lipinski definition) is 7. The molecule has 1 aliphatic heterocycles. The molecule has 0 fully saturated rings. The number of nitrogens with two attached hydrogens (primary N) is 3. The maximum absolute atomic E-state index is 13.3. The van der Waals surface area contributed by atoms with E-state index in [1.807, 2.05) is 25.1 Å². The number of phenols is 1. The molecule has 0 spiro atoms. The molecule has 0 unspecified atom stereocenters. The van der Waals surface area contributed by atoms with Crippen molar-refractivity contribution in [2.75, 3.05) is 19.6 Å². The molecule has 0 aromatic heterocycles. The van der Waals surface area contributed by atoms with Crippen LogP contribution in [0.3, 0.4) is 0 Å². The normalized spacial score (nSPS) is 18.9. The Hall–Kier alpha value is -2.60. The molecule has 218 valence electrons. The van der Waals surface area contributed by atoms with Gasteiger partial charge in [-0.3, -0.25) is 14.4 Å². The summed E-state index contributed by atoms with van der Waals surface area (Å²) in [4.78, 5) is 39.2. The minimum Gasteiger partial charge on any atom is -0.508 e. The van der Waals surface area contributed by atoms with Crippen LogP contribution in [0.4, 0.5) is 0 Å². The second-order valence-electron chi connectivity index (χ2n) is 9.13. The first-order valence-corrected chi connectivity index (χ1v) is 12.2. The average molecular weight is 606 g/mol. The molecule has 0 aliphatic carbocycles. The maximum Gasteiger partial charge on any atom is 0.243 e. The maximum atomic E-state index is 13.3. The van der Waals surface area contributed by atoms with Gasteiger partial charge in [0.1, 0.15) is 17.8 Å². The van der Waals surface area contributed by atoms with E-state index in [4.69, 9.17) is 17.2 Å². The van der Waals surface area contributed by atoms with Gasteiger partial charge in [-0.15, -0.1) is 37.2 Å². The molecule has 39 heavy (non-hydrogen) atoms. The summed E-state index contributed by atoms with van der Waals surface area (Å²) in [5.41, 5.74) is 21.4. The van der Waals surface area contributed by atoms with E-state index in [2.05, 4.69) is 16.0 Å². The van der Waals surface area contributed by atoms with Crippen LogP contribution in [0.15, 0.2) is 36.4 Å². The molecular formula is C26H39Cl3N6O4. The summed E-state index contributed by atoms with van der Waals surface area (Å²) in [6.45, 7) is 2.80. The minimum atomic E-state index is -0.998. The third kappa shape index (κ3) is 9.82. The highest BCUT2D eigenvalue weighted by Gasteiger charge is 2.29. The highest BCUT2D eigenvalue weighted by Crippen LogP contribution is 2.29. The monoisotopic (exact) mass is 604 g/mol. The second-order valence-corrected chi connectivity index (χ2v) is 9.13. The van der Waals surface area contributed by atoms with Crippen molar-refractivity contribution in [3.63, 3.8) is 0 Å². The molecule has 13 heteroatoms. The van der Waals surface area contributed by atoms with Gasteiger partial charge in [-0.2, -0.15) is 0 Å². The number of aromatic hydroxyl groups is 1. The minimum absolute atomic E-state index is 0. The summed E-state index contributed by atoms with van der Waals surface area (Å²) in [5, 5.41) is 18.7. The first kappa shape index (κ1) is 36.4. The summed E-state index contributed by atoms with van der Waals surface area (Å²) in [5.74, 6) is -1.36. The van der Waals surface area contributed by atoms with Crippen molar-refractivity contribution in [2.24, 2.45) is 17.2 Å². The topological polar surface area (TPSA) is 186 Å². The molecule has 1 heterocycles. The van der Waals surface area contributed by atoms with E-state index in [0.29, 0.717) is 18.5 Å². The van der Waals surface area contributed by atoms with Gasteiger partial charge in [-0.25, -0.2) is 0 Å². The molecule has 0 saturated carbocycles. The van der Waals surface area contributed by atoms with Crippen LogP contribution < -0.4 is 33.2 Å². The molecule has 2 aromatic carbocycles. The summed E-state index contributed by atoms with van der Waals surface area (Å²) >= 11 is 0. The third-order valence-electron chi connectivity index (χ3n) is 6.37. The quantitative estimate of drug-likeness (QED) is 0.254. The zero-order chi connectivity index (χ0) is 26.2. The van der Waals surface area contributed by atoms with Gasteiger partial charge in [0.2, 0.25) is 17.7 Å². The zero-order valence-electron chi connectivity index (χ0n) is 21.8. The molecule has 3 atom stereocenters. The lowest BCUT2D eigenvalue weighted by Crippen LogP contribution is -2.56. The highest BCUT2D eigenvalue weighted by atomic mass is 35.5. The van der Waals surface area contributed by atoms with E-state index in [-0.39, 0.29) is 81.2 Å². The van der Waals surface area contributed by atoms with Crippen LogP contribution in [0, 0.1) is 6.92 Å². The molecular weight excluding hydrogens is 567 g/mol. The summed E-state index contributed by atoms with van der Waals surface area (Å²) < 4.78 is 0. The number of nitrogens with one attached hydrogen (secondary N) is 3. The molecule has 10 nitrogen and oxygen atoms in total. The molecule has 3 rings (SSSR count). The molecule has 0 radical (unpaired) electrons. The fourth-order valence-electron chi connectivity index (χ4n) is 4.22. The molecule has 3 amide bonds. The SMILES string of the molecule is Cc1ccc2cc1C[C@@H](C(=O)NCCN)NC(=O)[C@H](CCCN)NC(=O)[C@@H](N)Cc1cc-2ccc1O.Cl.Cl.Cl. The van der Waals surface area contributed by atoms with Crippen molar-refractivity contribution in [3.8, 4) is 16.9 Å². The number of rotatable bonds is 6. The van der Waals surface area contributed by atoms with Crippen LogP contribution in [0.2, 0.25) is 0 Å². The van der Waals surface area contributed by atoms with E-state index in [1.165, 1.54) is 0 Å². The predicted octanol–water partition coefficient (Wildman–Crippen LogP) is 0.842. The lowest BCUT2D eigenvalue weighted by Gasteiger charge is -2.24. The van der Waals surface area contributed by atoms with E-state index >= 15 is 0 Å². The first-order chi connectivity index (χ1) is 17.2. The zero-order valence-corrected chi connectivity index (χ0v) is 24.2. The summed E-state index contributed by atoms with van der Waals surface area (Å²) in [6, 6.07) is 8.23. The number of benzene rings is 2. The van der Waals surface area contributed by atoms with Gasteiger partial charge in [0.05, 0.1) is 6.04 Å². The third-order valence-corrected chi connectivity index (χ3v) is 6.37. The number of hydrogen-bond acceptors (Lipinski definition) is 7. The van der Waals surface area contributed by atoms with Crippen LogP contribution >= 0.6 is 37.2 Å². The van der Waals surface area contributed by atoms with Crippen LogP contribution in [-0.4, -0.2) is 60.6 Å².